The van der Waals surface area contributed by atoms with Gasteiger partial charge in [-0.25, -0.2) is 0 Å². The van der Waals surface area contributed by atoms with E-state index in [0.717, 1.165) is 0 Å². The van der Waals surface area contributed by atoms with Crippen molar-refractivity contribution in [3.8, 4) is 0 Å². The normalized spacial score (nSPS) is 12.0. The van der Waals surface area contributed by atoms with Crippen LogP contribution in [-0.4, -0.2) is 59.4 Å². The molecule has 0 aromatic heterocycles. The largest absolute Gasteiger partial charge is 0.396 e. The van der Waals surface area contributed by atoms with Gasteiger partial charge in [-0.3, -0.25) is 0 Å². The summed E-state index contributed by atoms with van der Waals surface area (Å²) in [7, 11) is 0. The lowest BCUT2D eigenvalue weighted by molar-refractivity contribution is -0.364. The molecule has 0 saturated carbocycles. The van der Waals surface area contributed by atoms with Gasteiger partial charge in [0, 0.05) is 26.2 Å². The van der Waals surface area contributed by atoms with Crippen LogP contribution in [0.4, 0.5) is 0 Å². The van der Waals surface area contributed by atoms with Crippen LogP contribution in [0.3, 0.4) is 0 Å². The molecule has 6 heteroatoms. The first-order valence-corrected chi connectivity index (χ1v) is 6.51. The maximum Gasteiger partial charge on any atom is 0.280 e. The Morgan fingerprint density at radius 3 is 1.50 bits per heavy atom. The van der Waals surface area contributed by atoms with Crippen LogP contribution in [0.5, 0.6) is 0 Å². The molecule has 0 aliphatic rings. The van der Waals surface area contributed by atoms with E-state index in [-0.39, 0.29) is 26.2 Å². The second kappa shape index (κ2) is 11.8. The molecule has 0 heterocycles. The van der Waals surface area contributed by atoms with E-state index in [9.17, 15) is 5.11 Å². The molecule has 0 fully saturated rings. The van der Waals surface area contributed by atoms with Crippen LogP contribution in [0.15, 0.2) is 0 Å². The fourth-order valence-electron chi connectivity index (χ4n) is 1.38. The predicted molar refractivity (Wildman–Crippen MR) is 65.8 cm³/mol. The highest BCUT2D eigenvalue weighted by atomic mass is 16.8. The van der Waals surface area contributed by atoms with Gasteiger partial charge in [0.15, 0.2) is 0 Å². The van der Waals surface area contributed by atoms with Crippen molar-refractivity contribution in [2.45, 2.75) is 44.5 Å². The van der Waals surface area contributed by atoms with Gasteiger partial charge in [0.1, 0.15) is 0 Å². The quantitative estimate of drug-likeness (QED) is 0.276. The zero-order valence-corrected chi connectivity index (χ0v) is 10.9. The highest BCUT2D eigenvalue weighted by molar-refractivity contribution is 4.56. The third kappa shape index (κ3) is 9.76. The molecule has 18 heavy (non-hydrogen) atoms. The van der Waals surface area contributed by atoms with Gasteiger partial charge in [0.25, 0.3) is 5.97 Å². The molecule has 0 aliphatic carbocycles. The molecule has 110 valence electrons. The lowest BCUT2D eigenvalue weighted by atomic mass is 10.2. The van der Waals surface area contributed by atoms with E-state index in [2.05, 4.69) is 0 Å². The first kappa shape index (κ1) is 17.8. The summed E-state index contributed by atoms with van der Waals surface area (Å²) >= 11 is 0. The Morgan fingerprint density at radius 2 is 1.11 bits per heavy atom. The molecule has 6 nitrogen and oxygen atoms in total. The van der Waals surface area contributed by atoms with Crippen LogP contribution in [0.25, 0.3) is 0 Å². The maximum absolute atomic E-state index is 10.1. The van der Waals surface area contributed by atoms with Crippen molar-refractivity contribution in [1.82, 2.24) is 0 Å². The molecule has 0 rings (SSSR count). The van der Waals surface area contributed by atoms with Crippen molar-refractivity contribution in [2.24, 2.45) is 0 Å². The topological polar surface area (TPSA) is 99.4 Å². The Bertz CT molecular complexity index is 164. The van der Waals surface area contributed by atoms with Crippen LogP contribution < -0.4 is 0 Å². The average molecular weight is 266 g/mol. The fourth-order valence-corrected chi connectivity index (χ4v) is 1.38. The number of rotatable bonds is 13. The fraction of sp³-hybridized carbons (Fsp3) is 1.00. The number of aliphatic hydroxyl groups excluding tert-OH is 3. The first-order valence-electron chi connectivity index (χ1n) is 6.51. The Morgan fingerprint density at radius 1 is 0.667 bits per heavy atom. The van der Waals surface area contributed by atoms with Crippen LogP contribution in [0.2, 0.25) is 0 Å². The van der Waals surface area contributed by atoms with E-state index in [1.54, 1.807) is 0 Å². The Hall–Kier alpha value is -0.240. The summed E-state index contributed by atoms with van der Waals surface area (Å²) in [6.07, 6.45) is 3.08. The lowest BCUT2D eigenvalue weighted by Crippen LogP contribution is -2.37. The van der Waals surface area contributed by atoms with Crippen molar-refractivity contribution < 1.29 is 29.9 Å². The third-order valence-electron chi connectivity index (χ3n) is 2.41. The van der Waals surface area contributed by atoms with Gasteiger partial charge in [-0.1, -0.05) is 0 Å². The Labute approximate surface area is 108 Å². The minimum absolute atomic E-state index is 0.0394. The molecule has 0 saturated heterocycles. The molecule has 0 atom stereocenters. The van der Waals surface area contributed by atoms with Crippen molar-refractivity contribution in [3.63, 3.8) is 0 Å². The number of hydrogen-bond acceptors (Lipinski definition) is 6. The van der Waals surface area contributed by atoms with Crippen LogP contribution in [0, 0.1) is 0 Å². The second-order valence-electron chi connectivity index (χ2n) is 4.10. The van der Waals surface area contributed by atoms with Crippen LogP contribution in [-0.2, 0) is 9.47 Å². The third-order valence-corrected chi connectivity index (χ3v) is 2.41. The van der Waals surface area contributed by atoms with Gasteiger partial charge in [-0.15, -0.1) is 0 Å². The van der Waals surface area contributed by atoms with E-state index < -0.39 is 5.97 Å². The standard InChI is InChI=1S/C12H26O6/c13-7-1-3-10-17-12(16,6-5-9-15)18-11-4-2-8-14/h13-16H,1-11H2. The molecular formula is C12H26O6. The molecule has 0 aromatic carbocycles. The molecular weight excluding hydrogens is 240 g/mol. The summed E-state index contributed by atoms with van der Waals surface area (Å²) in [6.45, 7) is 0.735. The zero-order chi connectivity index (χ0) is 13.7. The van der Waals surface area contributed by atoms with Gasteiger partial charge in [-0.05, 0) is 32.1 Å². The summed E-state index contributed by atoms with van der Waals surface area (Å²) < 4.78 is 10.5. The van der Waals surface area contributed by atoms with E-state index in [1.165, 1.54) is 0 Å². The summed E-state index contributed by atoms with van der Waals surface area (Å²) in [6, 6.07) is 0. The van der Waals surface area contributed by atoms with Crippen molar-refractivity contribution in [2.75, 3.05) is 33.0 Å². The SMILES string of the molecule is OCCCCOC(O)(CCCO)OCCCCO. The van der Waals surface area contributed by atoms with Crippen LogP contribution in [0.1, 0.15) is 38.5 Å². The number of ether oxygens (including phenoxy) is 2. The van der Waals surface area contributed by atoms with Gasteiger partial charge >= 0.3 is 0 Å². The number of aliphatic hydroxyl groups is 4. The van der Waals surface area contributed by atoms with Crippen molar-refractivity contribution in [1.29, 1.82) is 0 Å². The van der Waals surface area contributed by atoms with E-state index in [4.69, 9.17) is 24.8 Å². The Balaban J connectivity index is 3.90. The van der Waals surface area contributed by atoms with E-state index >= 15 is 0 Å². The van der Waals surface area contributed by atoms with Gasteiger partial charge in [0.05, 0.1) is 13.2 Å². The molecule has 0 bridgehead atoms. The number of unbranched alkanes of at least 4 members (excludes halogenated alkanes) is 2. The Kier molecular flexibility index (Phi) is 11.7. The van der Waals surface area contributed by atoms with Crippen molar-refractivity contribution >= 4 is 0 Å². The summed E-state index contributed by atoms with van der Waals surface area (Å²) in [4.78, 5) is 0. The summed E-state index contributed by atoms with van der Waals surface area (Å²) in [5, 5.41) is 36.1. The maximum atomic E-state index is 10.1. The van der Waals surface area contributed by atoms with E-state index in [1.807, 2.05) is 0 Å². The van der Waals surface area contributed by atoms with E-state index in [0.29, 0.717) is 45.3 Å². The first-order chi connectivity index (χ1) is 8.68. The van der Waals surface area contributed by atoms with Crippen molar-refractivity contribution in [3.05, 3.63) is 0 Å². The monoisotopic (exact) mass is 266 g/mol. The predicted octanol–water partition coefficient (Wildman–Crippen LogP) is -0.0168. The van der Waals surface area contributed by atoms with Gasteiger partial charge in [-0.2, -0.15) is 0 Å². The molecule has 0 amide bonds. The molecule has 0 unspecified atom stereocenters. The molecule has 0 aliphatic heterocycles. The molecule has 0 radical (unpaired) electrons. The minimum Gasteiger partial charge on any atom is -0.396 e. The minimum atomic E-state index is -1.67. The number of hydrogen-bond donors (Lipinski definition) is 4. The second-order valence-corrected chi connectivity index (χ2v) is 4.10. The highest BCUT2D eigenvalue weighted by Gasteiger charge is 2.28. The highest BCUT2D eigenvalue weighted by Crippen LogP contribution is 2.18. The average Bonchev–Trinajstić information content (AvgIpc) is 2.38. The summed E-state index contributed by atoms with van der Waals surface area (Å²) in [5.74, 6) is -1.67. The van der Waals surface area contributed by atoms with Crippen LogP contribution >= 0.6 is 0 Å². The zero-order valence-electron chi connectivity index (χ0n) is 10.9. The lowest BCUT2D eigenvalue weighted by Gasteiger charge is -2.28. The van der Waals surface area contributed by atoms with Gasteiger partial charge in [0.2, 0.25) is 0 Å². The molecule has 0 spiro atoms. The summed E-state index contributed by atoms with van der Waals surface area (Å²) in [5.41, 5.74) is 0. The molecule has 0 aromatic rings. The van der Waals surface area contributed by atoms with Gasteiger partial charge < -0.3 is 29.9 Å². The smallest absolute Gasteiger partial charge is 0.280 e. The molecule has 4 N–H and O–H groups in total.